The molecule has 0 saturated carbocycles. The SMILES string of the molecule is Nc1cc(F)c(Br)cc1NCCN1CCSCC1. The Balaban J connectivity index is 1.84. The van der Waals surface area contributed by atoms with Gasteiger partial charge >= 0.3 is 0 Å². The zero-order chi connectivity index (χ0) is 13.0. The molecule has 1 heterocycles. The number of nitrogens with zero attached hydrogens (tertiary/aromatic N) is 1. The van der Waals surface area contributed by atoms with Gasteiger partial charge in [-0.1, -0.05) is 0 Å². The predicted molar refractivity (Wildman–Crippen MR) is 80.8 cm³/mol. The molecular weight excluding hydrogens is 317 g/mol. The number of hydrogen-bond acceptors (Lipinski definition) is 4. The molecule has 3 nitrogen and oxygen atoms in total. The van der Waals surface area contributed by atoms with Gasteiger partial charge in [0.2, 0.25) is 0 Å². The van der Waals surface area contributed by atoms with E-state index in [-0.39, 0.29) is 5.82 Å². The average Bonchev–Trinajstić information content (AvgIpc) is 2.37. The van der Waals surface area contributed by atoms with E-state index >= 15 is 0 Å². The summed E-state index contributed by atoms with van der Waals surface area (Å²) in [4.78, 5) is 2.43. The maximum Gasteiger partial charge on any atom is 0.139 e. The number of nitrogens with one attached hydrogen (secondary N) is 1. The maximum atomic E-state index is 13.2. The minimum absolute atomic E-state index is 0.328. The smallest absolute Gasteiger partial charge is 0.139 e. The van der Waals surface area contributed by atoms with Crippen LogP contribution >= 0.6 is 27.7 Å². The molecule has 1 fully saturated rings. The highest BCUT2D eigenvalue weighted by atomic mass is 79.9. The highest BCUT2D eigenvalue weighted by molar-refractivity contribution is 9.10. The molecule has 2 rings (SSSR count). The lowest BCUT2D eigenvalue weighted by atomic mass is 10.2. The van der Waals surface area contributed by atoms with E-state index in [1.807, 2.05) is 11.8 Å². The fraction of sp³-hybridized carbons (Fsp3) is 0.500. The van der Waals surface area contributed by atoms with Crippen LogP contribution < -0.4 is 11.1 Å². The lowest BCUT2D eigenvalue weighted by molar-refractivity contribution is 0.314. The third kappa shape index (κ3) is 3.76. The van der Waals surface area contributed by atoms with Crippen LogP contribution in [0.25, 0.3) is 0 Å². The second-order valence-corrected chi connectivity index (χ2v) is 6.31. The van der Waals surface area contributed by atoms with Crippen LogP contribution in [-0.2, 0) is 0 Å². The van der Waals surface area contributed by atoms with E-state index in [0.717, 1.165) is 31.9 Å². The maximum absolute atomic E-state index is 13.2. The molecule has 0 amide bonds. The van der Waals surface area contributed by atoms with Crippen LogP contribution in [-0.4, -0.2) is 42.6 Å². The lowest BCUT2D eigenvalue weighted by Crippen LogP contribution is -2.36. The Morgan fingerprint density at radius 3 is 2.83 bits per heavy atom. The summed E-state index contributed by atoms with van der Waals surface area (Å²) < 4.78 is 13.6. The van der Waals surface area contributed by atoms with Gasteiger partial charge in [0.05, 0.1) is 15.8 Å². The molecule has 3 N–H and O–H groups in total. The van der Waals surface area contributed by atoms with Crippen LogP contribution in [0.5, 0.6) is 0 Å². The molecule has 0 aromatic heterocycles. The molecule has 6 heteroatoms. The van der Waals surface area contributed by atoms with Crippen LogP contribution in [0.1, 0.15) is 0 Å². The Morgan fingerprint density at radius 1 is 1.39 bits per heavy atom. The average molecular weight is 334 g/mol. The van der Waals surface area contributed by atoms with Gasteiger partial charge in [-0.15, -0.1) is 0 Å². The van der Waals surface area contributed by atoms with Gasteiger partial charge in [-0.05, 0) is 22.0 Å². The molecule has 18 heavy (non-hydrogen) atoms. The van der Waals surface area contributed by atoms with E-state index in [1.165, 1.54) is 17.6 Å². The predicted octanol–water partition coefficient (Wildman–Crippen LogP) is 2.63. The lowest BCUT2D eigenvalue weighted by Gasteiger charge is -2.26. The second-order valence-electron chi connectivity index (χ2n) is 4.23. The molecule has 0 spiro atoms. The highest BCUT2D eigenvalue weighted by Gasteiger charge is 2.10. The summed E-state index contributed by atoms with van der Waals surface area (Å²) >= 11 is 5.17. The van der Waals surface area contributed by atoms with E-state index in [9.17, 15) is 4.39 Å². The van der Waals surface area contributed by atoms with Gasteiger partial charge in [0, 0.05) is 43.8 Å². The first-order valence-corrected chi connectivity index (χ1v) is 7.90. The largest absolute Gasteiger partial charge is 0.397 e. The first-order chi connectivity index (χ1) is 8.66. The quantitative estimate of drug-likeness (QED) is 0.831. The van der Waals surface area contributed by atoms with Gasteiger partial charge in [0.15, 0.2) is 0 Å². The number of hydrogen-bond donors (Lipinski definition) is 2. The molecule has 1 aliphatic rings. The molecular formula is C12H17BrFN3S. The van der Waals surface area contributed by atoms with Crippen LogP contribution in [0.2, 0.25) is 0 Å². The summed E-state index contributed by atoms with van der Waals surface area (Å²) in [6.07, 6.45) is 0. The van der Waals surface area contributed by atoms with Crippen LogP contribution in [0, 0.1) is 5.82 Å². The van der Waals surface area contributed by atoms with Crippen molar-refractivity contribution in [2.45, 2.75) is 0 Å². The van der Waals surface area contributed by atoms with Crippen LogP contribution in [0.15, 0.2) is 16.6 Å². The summed E-state index contributed by atoms with van der Waals surface area (Å²) in [6.45, 7) is 4.12. The van der Waals surface area contributed by atoms with Crippen molar-refractivity contribution in [3.63, 3.8) is 0 Å². The highest BCUT2D eigenvalue weighted by Crippen LogP contribution is 2.26. The van der Waals surface area contributed by atoms with Crippen molar-refractivity contribution in [3.8, 4) is 0 Å². The Hall–Kier alpha value is -0.460. The van der Waals surface area contributed by atoms with Gasteiger partial charge in [-0.25, -0.2) is 4.39 Å². The Kier molecular flexibility index (Phi) is 5.14. The van der Waals surface area contributed by atoms with Crippen molar-refractivity contribution in [2.24, 2.45) is 0 Å². The normalized spacial score (nSPS) is 16.8. The number of halogens is 2. The first-order valence-electron chi connectivity index (χ1n) is 5.95. The zero-order valence-electron chi connectivity index (χ0n) is 10.1. The molecule has 0 bridgehead atoms. The molecule has 0 aliphatic carbocycles. The van der Waals surface area contributed by atoms with Gasteiger partial charge in [-0.3, -0.25) is 4.90 Å². The molecule has 1 aliphatic heterocycles. The van der Waals surface area contributed by atoms with Gasteiger partial charge in [0.25, 0.3) is 0 Å². The Morgan fingerprint density at radius 2 is 2.11 bits per heavy atom. The number of nitrogen functional groups attached to an aromatic ring is 1. The number of rotatable bonds is 4. The van der Waals surface area contributed by atoms with Crippen LogP contribution in [0.4, 0.5) is 15.8 Å². The van der Waals surface area contributed by atoms with Gasteiger partial charge in [-0.2, -0.15) is 11.8 Å². The topological polar surface area (TPSA) is 41.3 Å². The summed E-state index contributed by atoms with van der Waals surface area (Å²) in [6, 6.07) is 3.03. The van der Waals surface area contributed by atoms with E-state index in [4.69, 9.17) is 5.73 Å². The van der Waals surface area contributed by atoms with E-state index in [1.54, 1.807) is 6.07 Å². The van der Waals surface area contributed by atoms with Crippen molar-refractivity contribution in [2.75, 3.05) is 48.7 Å². The summed E-state index contributed by atoms with van der Waals surface area (Å²) in [5, 5.41) is 3.26. The van der Waals surface area contributed by atoms with E-state index in [0.29, 0.717) is 10.2 Å². The zero-order valence-corrected chi connectivity index (χ0v) is 12.5. The second kappa shape index (κ2) is 6.63. The Bertz CT molecular complexity index is 411. The summed E-state index contributed by atoms with van der Waals surface area (Å²) in [5.74, 6) is 2.10. The molecule has 0 radical (unpaired) electrons. The third-order valence-corrected chi connectivity index (χ3v) is 4.49. The van der Waals surface area contributed by atoms with Crippen molar-refractivity contribution in [1.82, 2.24) is 4.90 Å². The van der Waals surface area contributed by atoms with Gasteiger partial charge in [0.1, 0.15) is 5.82 Å². The van der Waals surface area contributed by atoms with E-state index < -0.39 is 0 Å². The summed E-state index contributed by atoms with van der Waals surface area (Å²) in [5.41, 5.74) is 7.00. The minimum Gasteiger partial charge on any atom is -0.397 e. The molecule has 1 saturated heterocycles. The summed E-state index contributed by atoms with van der Waals surface area (Å²) in [7, 11) is 0. The van der Waals surface area contributed by atoms with Crippen LogP contribution in [0.3, 0.4) is 0 Å². The monoisotopic (exact) mass is 333 g/mol. The van der Waals surface area contributed by atoms with E-state index in [2.05, 4.69) is 26.1 Å². The number of thioether (sulfide) groups is 1. The fourth-order valence-corrected chi connectivity index (χ4v) is 3.21. The van der Waals surface area contributed by atoms with Crippen molar-refractivity contribution in [3.05, 3.63) is 22.4 Å². The molecule has 1 aromatic rings. The van der Waals surface area contributed by atoms with Gasteiger partial charge < -0.3 is 11.1 Å². The molecule has 0 unspecified atom stereocenters. The number of nitrogens with two attached hydrogens (primary N) is 1. The van der Waals surface area contributed by atoms with Crippen molar-refractivity contribution < 1.29 is 4.39 Å². The van der Waals surface area contributed by atoms with Crippen molar-refractivity contribution >= 4 is 39.1 Å². The van der Waals surface area contributed by atoms with Crippen molar-refractivity contribution in [1.29, 1.82) is 0 Å². The molecule has 1 aromatic carbocycles. The number of anilines is 2. The minimum atomic E-state index is -0.328. The number of benzene rings is 1. The third-order valence-electron chi connectivity index (χ3n) is 2.94. The molecule has 100 valence electrons. The Labute approximate surface area is 119 Å². The molecule has 0 atom stereocenters. The first kappa shape index (κ1) is 14.0. The fourth-order valence-electron chi connectivity index (χ4n) is 1.89. The standard InChI is InChI=1S/C12H17BrFN3S/c13-9-7-12(11(15)8-10(9)14)16-1-2-17-3-5-18-6-4-17/h7-8,16H,1-6,15H2.